The van der Waals surface area contributed by atoms with Crippen LogP contribution in [0, 0.1) is 5.82 Å². The summed E-state index contributed by atoms with van der Waals surface area (Å²) in [4.78, 5) is 14.3. The highest BCUT2D eigenvalue weighted by atomic mass is 19.1. The number of carbonyl (C=O) groups is 1. The molecule has 0 aliphatic carbocycles. The minimum atomic E-state index is -0.307. The number of halogens is 1. The molecule has 4 heteroatoms. The standard InChI is InChI=1S/C15H20FNO2/c1-12(17-8-10-19-11-9-17)2-7-15(18)13-3-5-14(16)6-4-13/h3-6,12H,2,7-11H2,1H3. The summed E-state index contributed by atoms with van der Waals surface area (Å²) in [7, 11) is 0. The van der Waals surface area contributed by atoms with Gasteiger partial charge in [0.05, 0.1) is 13.2 Å². The molecule has 0 saturated carbocycles. The van der Waals surface area contributed by atoms with Gasteiger partial charge in [0, 0.05) is 31.1 Å². The Kier molecular flexibility index (Phi) is 5.05. The van der Waals surface area contributed by atoms with Crippen LogP contribution in [0.25, 0.3) is 0 Å². The summed E-state index contributed by atoms with van der Waals surface area (Å²) in [5, 5.41) is 0. The molecule has 3 nitrogen and oxygen atoms in total. The predicted octanol–water partition coefficient (Wildman–Crippen LogP) is 2.51. The number of ether oxygens (including phenoxy) is 1. The van der Waals surface area contributed by atoms with E-state index in [-0.39, 0.29) is 11.6 Å². The van der Waals surface area contributed by atoms with E-state index in [0.717, 1.165) is 32.7 Å². The van der Waals surface area contributed by atoms with Crippen molar-refractivity contribution in [2.75, 3.05) is 26.3 Å². The molecule has 104 valence electrons. The van der Waals surface area contributed by atoms with Crippen LogP contribution >= 0.6 is 0 Å². The first-order valence-electron chi connectivity index (χ1n) is 6.77. The van der Waals surface area contributed by atoms with Gasteiger partial charge in [-0.3, -0.25) is 9.69 Å². The summed E-state index contributed by atoms with van der Waals surface area (Å²) in [5.41, 5.74) is 0.593. The van der Waals surface area contributed by atoms with Gasteiger partial charge in [-0.15, -0.1) is 0 Å². The lowest BCUT2D eigenvalue weighted by Gasteiger charge is -2.32. The predicted molar refractivity (Wildman–Crippen MR) is 71.8 cm³/mol. The molecule has 19 heavy (non-hydrogen) atoms. The molecule has 1 fully saturated rings. The third-order valence-corrected chi connectivity index (χ3v) is 3.62. The Labute approximate surface area is 113 Å². The zero-order chi connectivity index (χ0) is 13.7. The molecule has 1 aliphatic rings. The second-order valence-corrected chi connectivity index (χ2v) is 4.97. The maximum absolute atomic E-state index is 12.8. The third kappa shape index (κ3) is 4.11. The fraction of sp³-hybridized carbons (Fsp3) is 0.533. The zero-order valence-corrected chi connectivity index (χ0v) is 11.3. The van der Waals surface area contributed by atoms with Gasteiger partial charge in [-0.25, -0.2) is 4.39 Å². The van der Waals surface area contributed by atoms with Gasteiger partial charge in [0.25, 0.3) is 0 Å². The SMILES string of the molecule is CC(CCC(=O)c1ccc(F)cc1)N1CCOCC1. The first kappa shape index (κ1) is 14.2. The summed E-state index contributed by atoms with van der Waals surface area (Å²) >= 11 is 0. The van der Waals surface area contributed by atoms with Crippen LogP contribution in [-0.2, 0) is 4.74 Å². The monoisotopic (exact) mass is 265 g/mol. The molecule has 1 atom stereocenters. The van der Waals surface area contributed by atoms with Crippen molar-refractivity contribution in [3.8, 4) is 0 Å². The van der Waals surface area contributed by atoms with E-state index in [0.29, 0.717) is 18.0 Å². The minimum Gasteiger partial charge on any atom is -0.379 e. The molecule has 1 aromatic rings. The summed E-state index contributed by atoms with van der Waals surface area (Å²) < 4.78 is 18.1. The largest absolute Gasteiger partial charge is 0.379 e. The van der Waals surface area contributed by atoms with Crippen LogP contribution in [0.4, 0.5) is 4.39 Å². The lowest BCUT2D eigenvalue weighted by molar-refractivity contribution is 0.0184. The van der Waals surface area contributed by atoms with E-state index >= 15 is 0 Å². The van der Waals surface area contributed by atoms with Crippen LogP contribution in [0.2, 0.25) is 0 Å². The number of carbonyl (C=O) groups excluding carboxylic acids is 1. The van der Waals surface area contributed by atoms with Crippen molar-refractivity contribution in [3.63, 3.8) is 0 Å². The molecular formula is C15H20FNO2. The molecule has 0 spiro atoms. The van der Waals surface area contributed by atoms with Crippen LogP contribution in [0.15, 0.2) is 24.3 Å². The van der Waals surface area contributed by atoms with Gasteiger partial charge in [0.2, 0.25) is 0 Å². The number of benzene rings is 1. The average Bonchev–Trinajstić information content (AvgIpc) is 2.46. The van der Waals surface area contributed by atoms with Gasteiger partial charge in [-0.2, -0.15) is 0 Å². The van der Waals surface area contributed by atoms with Crippen LogP contribution < -0.4 is 0 Å². The van der Waals surface area contributed by atoms with Crippen molar-refractivity contribution in [1.29, 1.82) is 0 Å². The minimum absolute atomic E-state index is 0.0834. The average molecular weight is 265 g/mol. The number of ketones is 1. The Morgan fingerprint density at radius 3 is 2.58 bits per heavy atom. The smallest absolute Gasteiger partial charge is 0.162 e. The summed E-state index contributed by atoms with van der Waals surface area (Å²) in [6, 6.07) is 6.15. The highest BCUT2D eigenvalue weighted by Crippen LogP contribution is 2.13. The summed E-state index contributed by atoms with van der Waals surface area (Å²) in [6.07, 6.45) is 1.33. The van der Waals surface area contributed by atoms with E-state index in [1.165, 1.54) is 12.1 Å². The molecule has 0 aromatic heterocycles. The Balaban J connectivity index is 1.81. The molecule has 1 saturated heterocycles. The number of Topliss-reactive ketones (excluding diaryl/α,β-unsaturated/α-hetero) is 1. The van der Waals surface area contributed by atoms with E-state index in [4.69, 9.17) is 4.74 Å². The highest BCUT2D eigenvalue weighted by Gasteiger charge is 2.18. The second kappa shape index (κ2) is 6.78. The molecule has 1 aliphatic heterocycles. The molecule has 1 aromatic carbocycles. The van der Waals surface area contributed by atoms with E-state index in [2.05, 4.69) is 11.8 Å². The van der Waals surface area contributed by atoms with Crippen LogP contribution in [0.3, 0.4) is 0 Å². The van der Waals surface area contributed by atoms with Crippen LogP contribution in [0.5, 0.6) is 0 Å². The topological polar surface area (TPSA) is 29.5 Å². The van der Waals surface area contributed by atoms with Gasteiger partial charge in [0.15, 0.2) is 5.78 Å². The summed E-state index contributed by atoms with van der Waals surface area (Å²) in [5.74, 6) is -0.224. The zero-order valence-electron chi connectivity index (χ0n) is 11.3. The third-order valence-electron chi connectivity index (χ3n) is 3.62. The molecule has 2 rings (SSSR count). The molecule has 0 N–H and O–H groups in total. The van der Waals surface area contributed by atoms with E-state index < -0.39 is 0 Å². The van der Waals surface area contributed by atoms with E-state index in [9.17, 15) is 9.18 Å². The number of nitrogens with zero attached hydrogens (tertiary/aromatic N) is 1. The van der Waals surface area contributed by atoms with Crippen molar-refractivity contribution in [3.05, 3.63) is 35.6 Å². The lowest BCUT2D eigenvalue weighted by Crippen LogP contribution is -2.42. The molecule has 0 amide bonds. The normalized spacial score (nSPS) is 18.2. The molecule has 0 radical (unpaired) electrons. The Hall–Kier alpha value is -1.26. The number of hydrogen-bond donors (Lipinski definition) is 0. The van der Waals surface area contributed by atoms with Crippen molar-refractivity contribution >= 4 is 5.78 Å². The van der Waals surface area contributed by atoms with Crippen molar-refractivity contribution in [2.24, 2.45) is 0 Å². The van der Waals surface area contributed by atoms with Crippen LogP contribution in [-0.4, -0.2) is 43.0 Å². The second-order valence-electron chi connectivity index (χ2n) is 4.97. The fourth-order valence-electron chi connectivity index (χ4n) is 2.32. The van der Waals surface area contributed by atoms with Gasteiger partial charge in [0.1, 0.15) is 5.82 Å². The lowest BCUT2D eigenvalue weighted by atomic mass is 10.0. The quantitative estimate of drug-likeness (QED) is 0.766. The molecule has 1 heterocycles. The Morgan fingerprint density at radius 2 is 1.95 bits per heavy atom. The number of morpholine rings is 1. The van der Waals surface area contributed by atoms with E-state index in [1.807, 2.05) is 0 Å². The van der Waals surface area contributed by atoms with E-state index in [1.54, 1.807) is 12.1 Å². The maximum Gasteiger partial charge on any atom is 0.162 e. The van der Waals surface area contributed by atoms with Crippen molar-refractivity contribution in [2.45, 2.75) is 25.8 Å². The molecular weight excluding hydrogens is 245 g/mol. The van der Waals surface area contributed by atoms with Crippen molar-refractivity contribution < 1.29 is 13.9 Å². The first-order valence-corrected chi connectivity index (χ1v) is 6.77. The molecule has 0 bridgehead atoms. The fourth-order valence-corrected chi connectivity index (χ4v) is 2.32. The number of rotatable bonds is 5. The Bertz CT molecular complexity index is 413. The van der Waals surface area contributed by atoms with Crippen LogP contribution in [0.1, 0.15) is 30.1 Å². The van der Waals surface area contributed by atoms with Gasteiger partial charge < -0.3 is 4.74 Å². The van der Waals surface area contributed by atoms with Gasteiger partial charge >= 0.3 is 0 Å². The Morgan fingerprint density at radius 1 is 1.32 bits per heavy atom. The van der Waals surface area contributed by atoms with Crippen molar-refractivity contribution in [1.82, 2.24) is 4.90 Å². The number of hydrogen-bond acceptors (Lipinski definition) is 3. The maximum atomic E-state index is 12.8. The summed E-state index contributed by atoms with van der Waals surface area (Å²) in [6.45, 7) is 5.56. The van der Waals surface area contributed by atoms with Gasteiger partial charge in [-0.05, 0) is 37.6 Å². The molecule has 1 unspecified atom stereocenters. The van der Waals surface area contributed by atoms with Gasteiger partial charge in [-0.1, -0.05) is 0 Å². The highest BCUT2D eigenvalue weighted by molar-refractivity contribution is 5.95. The first-order chi connectivity index (χ1) is 9.16.